The molecule has 2 atom stereocenters. The van der Waals surface area contributed by atoms with Gasteiger partial charge in [0, 0.05) is 19.1 Å². The van der Waals surface area contributed by atoms with Crippen molar-refractivity contribution in [3.63, 3.8) is 0 Å². The number of fused-ring (bicyclic) bond motifs is 2. The molecule has 102 valence electrons. The van der Waals surface area contributed by atoms with Crippen LogP contribution in [0.2, 0.25) is 0 Å². The lowest BCUT2D eigenvalue weighted by Gasteiger charge is -2.27. The Morgan fingerprint density at radius 3 is 2.79 bits per heavy atom. The van der Waals surface area contributed by atoms with Gasteiger partial charge in [0.25, 0.3) is 0 Å². The second kappa shape index (κ2) is 5.15. The quantitative estimate of drug-likeness (QED) is 0.768. The highest BCUT2D eigenvalue weighted by Gasteiger charge is 2.37. The van der Waals surface area contributed by atoms with Crippen LogP contribution in [0.5, 0.6) is 5.75 Å². The minimum absolute atomic E-state index is 0.587. The van der Waals surface area contributed by atoms with Gasteiger partial charge in [0.15, 0.2) is 0 Å². The van der Waals surface area contributed by atoms with Gasteiger partial charge >= 0.3 is 7.12 Å². The molecule has 1 aromatic carbocycles. The predicted molar refractivity (Wildman–Crippen MR) is 74.4 cm³/mol. The summed E-state index contributed by atoms with van der Waals surface area (Å²) in [4.78, 5) is 2.47. The molecule has 2 bridgehead atoms. The first-order valence-electron chi connectivity index (χ1n) is 6.94. The van der Waals surface area contributed by atoms with Gasteiger partial charge in [-0.05, 0) is 48.3 Å². The Morgan fingerprint density at radius 2 is 2.21 bits per heavy atom. The summed E-state index contributed by atoms with van der Waals surface area (Å²) in [5, 5.41) is 18.9. The molecule has 1 saturated heterocycles. The van der Waals surface area contributed by atoms with Gasteiger partial charge in [-0.3, -0.25) is 4.90 Å². The van der Waals surface area contributed by atoms with Crippen LogP contribution in [0.4, 0.5) is 0 Å². The van der Waals surface area contributed by atoms with Crippen molar-refractivity contribution in [2.75, 3.05) is 13.7 Å². The molecular weight excluding hydrogens is 241 g/mol. The molecule has 0 amide bonds. The van der Waals surface area contributed by atoms with Crippen LogP contribution >= 0.6 is 0 Å². The Kier molecular flexibility index (Phi) is 3.52. The van der Waals surface area contributed by atoms with E-state index in [1.165, 1.54) is 19.3 Å². The van der Waals surface area contributed by atoms with Crippen molar-refractivity contribution in [3.8, 4) is 5.75 Å². The molecule has 0 radical (unpaired) electrons. The molecule has 1 saturated carbocycles. The standard InChI is InChI=1S/C14H20BNO3/c1-19-13-4-5-14(15(17)18)11(7-13)9-16-8-10-2-3-12(16)6-10/h4-5,7,10,12,17-18H,2-3,6,8-9H2,1H3. The van der Waals surface area contributed by atoms with Gasteiger partial charge in [0.05, 0.1) is 7.11 Å². The third-order valence-corrected chi connectivity index (χ3v) is 4.52. The van der Waals surface area contributed by atoms with Gasteiger partial charge < -0.3 is 14.8 Å². The SMILES string of the molecule is COc1ccc(B(O)O)c(CN2CC3CCC2C3)c1. The van der Waals surface area contributed by atoms with E-state index in [4.69, 9.17) is 4.74 Å². The van der Waals surface area contributed by atoms with Crippen molar-refractivity contribution in [1.29, 1.82) is 0 Å². The zero-order valence-corrected chi connectivity index (χ0v) is 11.2. The molecule has 1 aliphatic heterocycles. The normalized spacial score (nSPS) is 25.8. The maximum Gasteiger partial charge on any atom is 0.488 e. The zero-order chi connectivity index (χ0) is 13.4. The van der Waals surface area contributed by atoms with E-state index < -0.39 is 7.12 Å². The van der Waals surface area contributed by atoms with Gasteiger partial charge in [0.2, 0.25) is 0 Å². The van der Waals surface area contributed by atoms with E-state index in [1.54, 1.807) is 19.2 Å². The van der Waals surface area contributed by atoms with Crippen LogP contribution in [0.15, 0.2) is 18.2 Å². The summed E-state index contributed by atoms with van der Waals surface area (Å²) in [6, 6.07) is 6.11. The fourth-order valence-electron chi connectivity index (χ4n) is 3.54. The Morgan fingerprint density at radius 1 is 1.37 bits per heavy atom. The highest BCUT2D eigenvalue weighted by atomic mass is 16.5. The van der Waals surface area contributed by atoms with E-state index >= 15 is 0 Å². The van der Waals surface area contributed by atoms with Crippen LogP contribution in [0.25, 0.3) is 0 Å². The molecule has 4 nitrogen and oxygen atoms in total. The maximum absolute atomic E-state index is 9.47. The molecule has 1 aromatic rings. The number of methoxy groups -OCH3 is 1. The summed E-state index contributed by atoms with van der Waals surface area (Å²) in [7, 11) is 0.215. The van der Waals surface area contributed by atoms with E-state index in [0.717, 1.165) is 30.3 Å². The molecule has 19 heavy (non-hydrogen) atoms. The van der Waals surface area contributed by atoms with Gasteiger partial charge in [-0.1, -0.05) is 6.07 Å². The summed E-state index contributed by atoms with van der Waals surface area (Å²) < 4.78 is 5.23. The average Bonchev–Trinajstić information content (AvgIpc) is 3.00. The van der Waals surface area contributed by atoms with E-state index in [1.807, 2.05) is 6.07 Å². The summed E-state index contributed by atoms with van der Waals surface area (Å²) in [5.41, 5.74) is 1.55. The minimum Gasteiger partial charge on any atom is -0.497 e. The topological polar surface area (TPSA) is 52.9 Å². The fourth-order valence-corrected chi connectivity index (χ4v) is 3.54. The smallest absolute Gasteiger partial charge is 0.488 e. The van der Waals surface area contributed by atoms with E-state index in [-0.39, 0.29) is 0 Å². The van der Waals surface area contributed by atoms with Gasteiger partial charge in [0.1, 0.15) is 5.75 Å². The predicted octanol–water partition coefficient (Wildman–Crippen LogP) is 0.359. The first-order valence-corrected chi connectivity index (χ1v) is 6.94. The Balaban J connectivity index is 1.82. The van der Waals surface area contributed by atoms with Crippen molar-refractivity contribution in [2.45, 2.75) is 31.8 Å². The number of hydrogen-bond acceptors (Lipinski definition) is 4. The molecule has 0 spiro atoms. The van der Waals surface area contributed by atoms with Crippen LogP contribution in [-0.2, 0) is 6.54 Å². The lowest BCUT2D eigenvalue weighted by atomic mass is 9.76. The molecule has 1 aliphatic carbocycles. The van der Waals surface area contributed by atoms with Crippen LogP contribution in [0.3, 0.4) is 0 Å². The Hall–Kier alpha value is -1.04. The molecule has 2 aliphatic rings. The molecule has 3 rings (SSSR count). The van der Waals surface area contributed by atoms with Crippen molar-refractivity contribution < 1.29 is 14.8 Å². The summed E-state index contributed by atoms with van der Waals surface area (Å²) >= 11 is 0. The van der Waals surface area contributed by atoms with E-state index in [0.29, 0.717) is 11.5 Å². The highest BCUT2D eigenvalue weighted by Crippen LogP contribution is 2.38. The number of rotatable bonds is 4. The first-order chi connectivity index (χ1) is 9.17. The zero-order valence-electron chi connectivity index (χ0n) is 11.2. The largest absolute Gasteiger partial charge is 0.497 e. The molecule has 2 N–H and O–H groups in total. The summed E-state index contributed by atoms with van der Waals surface area (Å²) in [6.45, 7) is 1.92. The van der Waals surface area contributed by atoms with Gasteiger partial charge in [-0.15, -0.1) is 0 Å². The third-order valence-electron chi connectivity index (χ3n) is 4.52. The second-order valence-corrected chi connectivity index (χ2v) is 5.70. The second-order valence-electron chi connectivity index (χ2n) is 5.70. The molecule has 0 aromatic heterocycles. The average molecular weight is 261 g/mol. The maximum atomic E-state index is 9.47. The third kappa shape index (κ3) is 2.50. The van der Waals surface area contributed by atoms with E-state index in [9.17, 15) is 10.0 Å². The minimum atomic E-state index is -1.42. The lowest BCUT2D eigenvalue weighted by molar-refractivity contribution is 0.205. The highest BCUT2D eigenvalue weighted by molar-refractivity contribution is 6.59. The molecule has 2 unspecified atom stereocenters. The summed E-state index contributed by atoms with van der Waals surface area (Å²) in [5.74, 6) is 1.61. The molecule has 5 heteroatoms. The summed E-state index contributed by atoms with van der Waals surface area (Å²) in [6.07, 6.45) is 3.95. The van der Waals surface area contributed by atoms with Gasteiger partial charge in [-0.25, -0.2) is 0 Å². The number of benzene rings is 1. The van der Waals surface area contributed by atoms with Crippen LogP contribution in [-0.4, -0.2) is 41.8 Å². The van der Waals surface area contributed by atoms with Crippen LogP contribution in [0, 0.1) is 5.92 Å². The van der Waals surface area contributed by atoms with Crippen molar-refractivity contribution in [2.24, 2.45) is 5.92 Å². The Labute approximate surface area is 114 Å². The molecule has 2 fully saturated rings. The Bertz CT molecular complexity index is 466. The number of hydrogen-bond donors (Lipinski definition) is 2. The van der Waals surface area contributed by atoms with E-state index in [2.05, 4.69) is 4.90 Å². The number of piperidine rings is 1. The molecular formula is C14H20BNO3. The van der Waals surface area contributed by atoms with Crippen molar-refractivity contribution in [1.82, 2.24) is 4.90 Å². The number of likely N-dealkylation sites (tertiary alicyclic amines) is 1. The lowest BCUT2D eigenvalue weighted by Crippen LogP contribution is -2.38. The van der Waals surface area contributed by atoms with Crippen molar-refractivity contribution >= 4 is 12.6 Å². The molecule has 1 heterocycles. The number of ether oxygens (including phenoxy) is 1. The van der Waals surface area contributed by atoms with Crippen molar-refractivity contribution in [3.05, 3.63) is 23.8 Å². The number of nitrogens with zero attached hydrogens (tertiary/aromatic N) is 1. The van der Waals surface area contributed by atoms with Crippen LogP contribution < -0.4 is 10.2 Å². The fraction of sp³-hybridized carbons (Fsp3) is 0.571. The van der Waals surface area contributed by atoms with Crippen LogP contribution in [0.1, 0.15) is 24.8 Å². The first kappa shape index (κ1) is 13.0. The monoisotopic (exact) mass is 261 g/mol. The van der Waals surface area contributed by atoms with Gasteiger partial charge in [-0.2, -0.15) is 0 Å².